The molecule has 0 spiro atoms. The van der Waals surface area contributed by atoms with Crippen molar-refractivity contribution in [3.63, 3.8) is 0 Å². The molecule has 2 aromatic rings. The van der Waals surface area contributed by atoms with Gasteiger partial charge < -0.3 is 29.2 Å². The van der Waals surface area contributed by atoms with Crippen molar-refractivity contribution >= 4 is 29.2 Å². The van der Waals surface area contributed by atoms with Crippen molar-refractivity contribution in [2.45, 2.75) is 12.5 Å². The van der Waals surface area contributed by atoms with Gasteiger partial charge in [0, 0.05) is 24.4 Å². The van der Waals surface area contributed by atoms with Crippen molar-refractivity contribution in [2.75, 3.05) is 38.1 Å². The Bertz CT molecular complexity index is 1050. The Morgan fingerprint density at radius 3 is 2.73 bits per heavy atom. The Morgan fingerprint density at radius 2 is 2.00 bits per heavy atom. The fraction of sp³-hybridized carbons (Fsp3) is 0.286. The molecule has 0 saturated carbocycles. The maximum absolute atomic E-state index is 12.6. The highest BCUT2D eigenvalue weighted by Crippen LogP contribution is 2.43. The molecule has 0 fully saturated rings. The first kappa shape index (κ1) is 19.6. The smallest absolute Gasteiger partial charge is 0.343 e. The fourth-order valence-corrected chi connectivity index (χ4v) is 3.56. The van der Waals surface area contributed by atoms with Crippen molar-refractivity contribution in [2.24, 2.45) is 0 Å². The van der Waals surface area contributed by atoms with E-state index < -0.39 is 12.1 Å². The molecule has 156 valence electrons. The summed E-state index contributed by atoms with van der Waals surface area (Å²) in [5.74, 6) is 0.158. The van der Waals surface area contributed by atoms with E-state index in [0.29, 0.717) is 28.4 Å². The number of amides is 2. The first-order valence-corrected chi connectivity index (χ1v) is 9.22. The highest BCUT2D eigenvalue weighted by atomic mass is 16.6. The number of nitrogens with one attached hydrogen (secondary N) is 1. The topological polar surface area (TPSA) is 103 Å². The molecule has 0 aromatic heterocycles. The second-order valence-electron chi connectivity index (χ2n) is 6.84. The summed E-state index contributed by atoms with van der Waals surface area (Å²) in [6, 6.07) is 8.39. The monoisotopic (exact) mass is 412 g/mol. The van der Waals surface area contributed by atoms with E-state index in [1.807, 2.05) is 0 Å². The van der Waals surface area contributed by atoms with Gasteiger partial charge in [-0.25, -0.2) is 4.79 Å². The number of nitrogens with zero attached hydrogens (tertiary/aromatic N) is 1. The molecule has 1 N–H and O–H groups in total. The molecule has 30 heavy (non-hydrogen) atoms. The summed E-state index contributed by atoms with van der Waals surface area (Å²) in [5, 5.41) is 2.77. The van der Waals surface area contributed by atoms with Crippen molar-refractivity contribution in [3.05, 3.63) is 41.5 Å². The molecule has 0 unspecified atom stereocenters. The van der Waals surface area contributed by atoms with E-state index >= 15 is 0 Å². The fourth-order valence-electron chi connectivity index (χ4n) is 3.56. The standard InChI is InChI=1S/C21H20N2O7/c1-23-13-6-4-11(8-16(13)29-10-18(23)25)22-17(24)9-15-12-5-7-14(27-2)20(28-3)19(12)21(26)30-15/h4-8,15H,9-10H2,1-3H3,(H,22,24)/t15-/m0/s1. The average molecular weight is 412 g/mol. The maximum atomic E-state index is 12.6. The molecule has 0 saturated heterocycles. The van der Waals surface area contributed by atoms with Crippen LogP contribution in [0, 0.1) is 0 Å². The number of methoxy groups -OCH3 is 2. The van der Waals surface area contributed by atoms with E-state index in [1.165, 1.54) is 19.1 Å². The molecule has 9 heteroatoms. The van der Waals surface area contributed by atoms with E-state index in [2.05, 4.69) is 5.32 Å². The molecule has 1 atom stereocenters. The molecule has 9 nitrogen and oxygen atoms in total. The van der Waals surface area contributed by atoms with Gasteiger partial charge in [0.25, 0.3) is 5.91 Å². The lowest BCUT2D eigenvalue weighted by atomic mass is 10.0. The first-order chi connectivity index (χ1) is 14.4. The van der Waals surface area contributed by atoms with Crippen LogP contribution in [0.25, 0.3) is 0 Å². The third-order valence-corrected chi connectivity index (χ3v) is 5.08. The number of anilines is 2. The van der Waals surface area contributed by atoms with Crippen LogP contribution in [-0.2, 0) is 14.3 Å². The van der Waals surface area contributed by atoms with Gasteiger partial charge in [-0.3, -0.25) is 9.59 Å². The van der Waals surface area contributed by atoms with Crippen molar-refractivity contribution in [1.82, 2.24) is 0 Å². The lowest BCUT2D eigenvalue weighted by Gasteiger charge is -2.26. The zero-order chi connectivity index (χ0) is 21.4. The van der Waals surface area contributed by atoms with E-state index in [1.54, 1.807) is 37.4 Å². The van der Waals surface area contributed by atoms with E-state index in [4.69, 9.17) is 18.9 Å². The number of cyclic esters (lactones) is 1. The summed E-state index contributed by atoms with van der Waals surface area (Å²) in [4.78, 5) is 38.1. The number of hydrogen-bond acceptors (Lipinski definition) is 7. The SMILES string of the molecule is COc1ccc2c(c1OC)C(=O)O[C@H]2CC(=O)Nc1ccc2c(c1)OCC(=O)N2C. The van der Waals surface area contributed by atoms with Gasteiger partial charge in [-0.2, -0.15) is 0 Å². The minimum absolute atomic E-state index is 0.0546. The van der Waals surface area contributed by atoms with Crippen LogP contribution in [0.1, 0.15) is 28.4 Å². The molecule has 0 radical (unpaired) electrons. The largest absolute Gasteiger partial charge is 0.493 e. The van der Waals surface area contributed by atoms with Gasteiger partial charge >= 0.3 is 5.97 Å². The number of rotatable bonds is 5. The number of esters is 1. The third kappa shape index (κ3) is 3.28. The first-order valence-electron chi connectivity index (χ1n) is 9.22. The summed E-state index contributed by atoms with van der Waals surface area (Å²) >= 11 is 0. The molecule has 2 aromatic carbocycles. The van der Waals surface area contributed by atoms with Crippen LogP contribution in [0.2, 0.25) is 0 Å². The number of ether oxygens (including phenoxy) is 4. The number of benzene rings is 2. The summed E-state index contributed by atoms with van der Waals surface area (Å²) in [6.45, 7) is -0.0546. The Hall–Kier alpha value is -3.75. The van der Waals surface area contributed by atoms with Gasteiger partial charge in [-0.05, 0) is 18.2 Å². The van der Waals surface area contributed by atoms with E-state index in [9.17, 15) is 14.4 Å². The maximum Gasteiger partial charge on any atom is 0.343 e. The predicted octanol–water partition coefficient (Wildman–Crippen LogP) is 2.30. The van der Waals surface area contributed by atoms with Crippen molar-refractivity contribution < 1.29 is 33.3 Å². The minimum Gasteiger partial charge on any atom is -0.493 e. The zero-order valence-corrected chi connectivity index (χ0v) is 16.7. The zero-order valence-electron chi connectivity index (χ0n) is 16.7. The van der Waals surface area contributed by atoms with E-state index in [0.717, 1.165) is 0 Å². The van der Waals surface area contributed by atoms with Crippen LogP contribution >= 0.6 is 0 Å². The summed E-state index contributed by atoms with van der Waals surface area (Å²) in [5.41, 5.74) is 1.98. The van der Waals surface area contributed by atoms with Crippen LogP contribution in [0.5, 0.6) is 17.2 Å². The van der Waals surface area contributed by atoms with Crippen molar-refractivity contribution in [1.29, 1.82) is 0 Å². The van der Waals surface area contributed by atoms with Crippen LogP contribution < -0.4 is 24.4 Å². The van der Waals surface area contributed by atoms with Crippen molar-refractivity contribution in [3.8, 4) is 17.2 Å². The Labute approximate surface area is 172 Å². The molecular weight excluding hydrogens is 392 g/mol. The molecule has 0 bridgehead atoms. The number of hydrogen-bond donors (Lipinski definition) is 1. The lowest BCUT2D eigenvalue weighted by Crippen LogP contribution is -2.35. The van der Waals surface area contributed by atoms with Gasteiger partial charge in [0.15, 0.2) is 18.1 Å². The van der Waals surface area contributed by atoms with Gasteiger partial charge in [-0.1, -0.05) is 6.07 Å². The van der Waals surface area contributed by atoms with Gasteiger partial charge in [-0.15, -0.1) is 0 Å². The Balaban J connectivity index is 1.50. The van der Waals surface area contributed by atoms with Gasteiger partial charge in [0.05, 0.1) is 26.3 Å². The average Bonchev–Trinajstić information content (AvgIpc) is 3.05. The van der Waals surface area contributed by atoms with Crippen LogP contribution in [0.15, 0.2) is 30.3 Å². The molecule has 2 amide bonds. The minimum atomic E-state index is -0.732. The number of carbonyl (C=O) groups is 3. The second-order valence-corrected chi connectivity index (χ2v) is 6.84. The van der Waals surface area contributed by atoms with Gasteiger partial charge in [0.1, 0.15) is 17.4 Å². The van der Waals surface area contributed by atoms with Gasteiger partial charge in [0.2, 0.25) is 5.91 Å². The quantitative estimate of drug-likeness (QED) is 0.752. The molecule has 2 aliphatic rings. The Morgan fingerprint density at radius 1 is 1.20 bits per heavy atom. The highest BCUT2D eigenvalue weighted by molar-refractivity contribution is 6.00. The highest BCUT2D eigenvalue weighted by Gasteiger charge is 2.37. The number of carbonyl (C=O) groups excluding carboxylic acids is 3. The number of likely N-dealkylation sites (N-methyl/N-ethyl adjacent to an activating group) is 1. The van der Waals surface area contributed by atoms with Crippen LogP contribution in [0.4, 0.5) is 11.4 Å². The Kier molecular flexibility index (Phi) is 4.94. The predicted molar refractivity (Wildman–Crippen MR) is 106 cm³/mol. The summed E-state index contributed by atoms with van der Waals surface area (Å²) < 4.78 is 21.3. The summed E-state index contributed by atoms with van der Waals surface area (Å²) in [7, 11) is 4.58. The molecule has 4 rings (SSSR count). The van der Waals surface area contributed by atoms with Crippen LogP contribution in [-0.4, -0.2) is 45.7 Å². The molecular formula is C21H20N2O7. The van der Waals surface area contributed by atoms with Crippen LogP contribution in [0.3, 0.4) is 0 Å². The lowest BCUT2D eigenvalue weighted by molar-refractivity contribution is -0.121. The third-order valence-electron chi connectivity index (χ3n) is 5.08. The van der Waals surface area contributed by atoms with E-state index in [-0.39, 0.29) is 36.2 Å². The normalized spacial score (nSPS) is 16.9. The molecule has 0 aliphatic carbocycles. The number of fused-ring (bicyclic) bond motifs is 2. The molecule has 2 heterocycles. The molecule has 2 aliphatic heterocycles. The summed E-state index contributed by atoms with van der Waals surface area (Å²) in [6.07, 6.45) is -0.796. The second kappa shape index (κ2) is 7.58.